The van der Waals surface area contributed by atoms with Crippen molar-refractivity contribution in [3.63, 3.8) is 0 Å². The minimum atomic E-state index is -0.276. The van der Waals surface area contributed by atoms with Crippen LogP contribution in [0.3, 0.4) is 0 Å². The van der Waals surface area contributed by atoms with Crippen LogP contribution in [0.15, 0.2) is 53.5 Å². The van der Waals surface area contributed by atoms with Crippen molar-refractivity contribution in [2.75, 3.05) is 5.32 Å². The number of benzene rings is 2. The summed E-state index contributed by atoms with van der Waals surface area (Å²) in [7, 11) is 0. The molecule has 1 aliphatic carbocycles. The fourth-order valence-corrected chi connectivity index (χ4v) is 5.72. The van der Waals surface area contributed by atoms with Gasteiger partial charge < -0.3 is 5.32 Å². The summed E-state index contributed by atoms with van der Waals surface area (Å²) in [6.07, 6.45) is 5.50. The topological polar surface area (TPSA) is 41.5 Å². The lowest BCUT2D eigenvalue weighted by atomic mass is 9.72. The van der Waals surface area contributed by atoms with Crippen molar-refractivity contribution in [2.24, 2.45) is 16.3 Å². The molecule has 0 saturated heterocycles. The van der Waals surface area contributed by atoms with Crippen LogP contribution in [0.1, 0.15) is 66.0 Å². The summed E-state index contributed by atoms with van der Waals surface area (Å²) < 4.78 is 13.3. The third-order valence-electron chi connectivity index (χ3n) is 6.55. The van der Waals surface area contributed by atoms with Gasteiger partial charge in [0.2, 0.25) is 0 Å². The Hall–Kier alpha value is -2.79. The number of para-hydroxylation sites is 1. The summed E-state index contributed by atoms with van der Waals surface area (Å²) >= 11 is 1.62. The Morgan fingerprint density at radius 2 is 1.91 bits per heavy atom. The van der Waals surface area contributed by atoms with Crippen molar-refractivity contribution in [1.82, 2.24) is 0 Å². The molecule has 5 heteroatoms. The van der Waals surface area contributed by atoms with Crippen LogP contribution in [0.5, 0.6) is 0 Å². The molecule has 1 amide bonds. The Morgan fingerprint density at radius 1 is 1.18 bits per heavy atom. The molecule has 0 unspecified atom stereocenters. The molecule has 0 fully saturated rings. The summed E-state index contributed by atoms with van der Waals surface area (Å²) in [6.45, 7) is 8.96. The molecule has 1 atom stereocenters. The lowest BCUT2D eigenvalue weighted by Crippen LogP contribution is -2.27. The first-order valence-corrected chi connectivity index (χ1v) is 12.4. The van der Waals surface area contributed by atoms with Gasteiger partial charge in [0, 0.05) is 16.8 Å². The Balaban J connectivity index is 1.71. The number of amides is 1. The molecule has 1 aromatic heterocycles. The molecule has 172 valence electrons. The monoisotopic (exact) mass is 462 g/mol. The normalized spacial score (nSPS) is 16.1. The van der Waals surface area contributed by atoms with Gasteiger partial charge in [-0.3, -0.25) is 4.79 Å². The van der Waals surface area contributed by atoms with Gasteiger partial charge >= 0.3 is 0 Å². The van der Waals surface area contributed by atoms with E-state index in [0.29, 0.717) is 11.5 Å². The largest absolute Gasteiger partial charge is 0.322 e. The maximum Gasteiger partial charge on any atom is 0.259 e. The zero-order valence-corrected chi connectivity index (χ0v) is 20.6. The molecule has 3 nitrogen and oxygen atoms in total. The summed E-state index contributed by atoms with van der Waals surface area (Å²) in [5.74, 6) is 0.199. The van der Waals surface area contributed by atoms with Crippen LogP contribution in [0.25, 0.3) is 0 Å². The zero-order valence-electron chi connectivity index (χ0n) is 19.7. The van der Waals surface area contributed by atoms with Gasteiger partial charge in [0.05, 0.1) is 5.56 Å². The molecule has 0 spiro atoms. The fraction of sp³-hybridized carbons (Fsp3) is 0.357. The van der Waals surface area contributed by atoms with Gasteiger partial charge in [-0.1, -0.05) is 58.0 Å². The second-order valence-corrected chi connectivity index (χ2v) is 10.8. The van der Waals surface area contributed by atoms with Gasteiger partial charge in [-0.25, -0.2) is 9.38 Å². The van der Waals surface area contributed by atoms with E-state index in [1.807, 2.05) is 24.3 Å². The maximum atomic E-state index is 13.5. The van der Waals surface area contributed by atoms with Crippen molar-refractivity contribution >= 4 is 34.1 Å². The number of aliphatic imine (C=N–C) groups is 1. The van der Waals surface area contributed by atoms with Crippen molar-refractivity contribution < 1.29 is 9.18 Å². The number of aryl methyl sites for hydroxylation is 1. The highest BCUT2D eigenvalue weighted by atomic mass is 32.1. The zero-order chi connectivity index (χ0) is 23.6. The minimum Gasteiger partial charge on any atom is -0.322 e. The number of halogens is 1. The van der Waals surface area contributed by atoms with Crippen molar-refractivity contribution in [1.29, 1.82) is 0 Å². The maximum absolute atomic E-state index is 13.5. The number of anilines is 1. The van der Waals surface area contributed by atoms with E-state index in [2.05, 4.69) is 33.0 Å². The molecule has 2 aromatic carbocycles. The second-order valence-electron chi connectivity index (χ2n) is 9.76. The first kappa shape index (κ1) is 23.4. The Labute approximate surface area is 199 Å². The highest BCUT2D eigenvalue weighted by molar-refractivity contribution is 7.16. The highest BCUT2D eigenvalue weighted by Gasteiger charge is 2.33. The number of hydrogen-bond acceptors (Lipinski definition) is 3. The van der Waals surface area contributed by atoms with Crippen LogP contribution in [0.4, 0.5) is 15.1 Å². The first-order valence-electron chi connectivity index (χ1n) is 11.6. The molecular formula is C28H31FN2OS. The molecule has 4 rings (SSSR count). The van der Waals surface area contributed by atoms with Gasteiger partial charge in [-0.2, -0.15) is 0 Å². The van der Waals surface area contributed by atoms with Crippen LogP contribution in [0, 0.1) is 17.2 Å². The lowest BCUT2D eigenvalue weighted by molar-refractivity contribution is 0.102. The molecule has 1 aliphatic rings. The number of carbonyl (C=O) groups is 1. The van der Waals surface area contributed by atoms with Gasteiger partial charge in [0.15, 0.2) is 0 Å². The summed E-state index contributed by atoms with van der Waals surface area (Å²) in [5, 5.41) is 3.87. The molecule has 0 radical (unpaired) electrons. The van der Waals surface area contributed by atoms with Gasteiger partial charge in [0.1, 0.15) is 10.8 Å². The number of thiophene rings is 1. The average molecular weight is 463 g/mol. The van der Waals surface area contributed by atoms with Gasteiger partial charge in [-0.05, 0) is 71.9 Å². The van der Waals surface area contributed by atoms with E-state index in [-0.39, 0.29) is 17.1 Å². The SMILES string of the molecule is CCc1ccccc1NC(=O)c1c(N=Cc2ccc(F)cc2)sc2c1CC[C@@H](C(C)(C)C)C2. The molecule has 0 bridgehead atoms. The van der Waals surface area contributed by atoms with Gasteiger partial charge in [-0.15, -0.1) is 11.3 Å². The molecule has 1 N–H and O–H groups in total. The minimum absolute atomic E-state index is 0.103. The van der Waals surface area contributed by atoms with Crippen LogP contribution < -0.4 is 5.32 Å². The van der Waals surface area contributed by atoms with Crippen LogP contribution in [-0.4, -0.2) is 12.1 Å². The summed E-state index contributed by atoms with van der Waals surface area (Å²) in [6, 6.07) is 14.2. The summed E-state index contributed by atoms with van der Waals surface area (Å²) in [5.41, 5.74) is 4.81. The third-order valence-corrected chi connectivity index (χ3v) is 7.71. The molecule has 3 aromatic rings. The van der Waals surface area contributed by atoms with E-state index in [0.717, 1.165) is 53.1 Å². The Bertz CT molecular complexity index is 1170. The molecule has 0 aliphatic heterocycles. The van der Waals surface area contributed by atoms with Crippen LogP contribution >= 0.6 is 11.3 Å². The molecule has 0 saturated carbocycles. The molecule has 1 heterocycles. The quantitative estimate of drug-likeness (QED) is 0.390. The van der Waals surface area contributed by atoms with Gasteiger partial charge in [0.25, 0.3) is 5.91 Å². The number of rotatable bonds is 5. The number of fused-ring (bicyclic) bond motifs is 1. The average Bonchev–Trinajstić information content (AvgIpc) is 3.16. The number of hydrogen-bond donors (Lipinski definition) is 1. The predicted octanol–water partition coefficient (Wildman–Crippen LogP) is 7.60. The standard InChI is InChI=1S/C28H31FN2OS/c1-5-19-8-6-7-9-23(19)31-26(32)25-22-15-12-20(28(2,3)4)16-24(22)33-27(25)30-17-18-10-13-21(29)14-11-18/h6-11,13-14,17,20H,5,12,15-16H2,1-4H3,(H,31,32)/t20-/m1/s1. The smallest absolute Gasteiger partial charge is 0.259 e. The van der Waals surface area contributed by atoms with Crippen molar-refractivity contribution in [3.8, 4) is 0 Å². The van der Waals surface area contributed by atoms with Crippen molar-refractivity contribution in [3.05, 3.63) is 81.5 Å². The lowest BCUT2D eigenvalue weighted by Gasteiger charge is -2.33. The number of nitrogens with one attached hydrogen (secondary N) is 1. The second kappa shape index (κ2) is 9.60. The van der Waals surface area contributed by atoms with E-state index in [9.17, 15) is 9.18 Å². The van der Waals surface area contributed by atoms with Crippen molar-refractivity contribution in [2.45, 2.75) is 53.4 Å². The van der Waals surface area contributed by atoms with E-state index in [4.69, 9.17) is 4.99 Å². The molecule has 33 heavy (non-hydrogen) atoms. The first-order chi connectivity index (χ1) is 15.8. The number of carbonyl (C=O) groups excluding carboxylic acids is 1. The Kier molecular flexibility index (Phi) is 6.80. The predicted molar refractivity (Wildman–Crippen MR) is 137 cm³/mol. The van der Waals surface area contributed by atoms with Crippen LogP contribution in [0.2, 0.25) is 0 Å². The van der Waals surface area contributed by atoms with Crippen LogP contribution in [-0.2, 0) is 19.3 Å². The number of nitrogens with zero attached hydrogens (tertiary/aromatic N) is 1. The third kappa shape index (κ3) is 5.25. The van der Waals surface area contributed by atoms with E-state index in [1.165, 1.54) is 17.0 Å². The fourth-order valence-electron chi connectivity index (χ4n) is 4.45. The Morgan fingerprint density at radius 3 is 2.61 bits per heavy atom. The summed E-state index contributed by atoms with van der Waals surface area (Å²) in [4.78, 5) is 19.5. The molecular weight excluding hydrogens is 431 g/mol. The highest BCUT2D eigenvalue weighted by Crippen LogP contribution is 2.45. The van der Waals surface area contributed by atoms with E-state index in [1.54, 1.807) is 29.7 Å². The van der Waals surface area contributed by atoms with E-state index >= 15 is 0 Å². The van der Waals surface area contributed by atoms with E-state index < -0.39 is 0 Å².